The maximum atomic E-state index is 5.55. The Morgan fingerprint density at radius 1 is 1.30 bits per heavy atom. The van der Waals surface area contributed by atoms with Gasteiger partial charge in [-0.1, -0.05) is 26.0 Å². The van der Waals surface area contributed by atoms with Crippen molar-refractivity contribution in [3.63, 3.8) is 0 Å². The van der Waals surface area contributed by atoms with Gasteiger partial charge in [0.2, 0.25) is 0 Å². The van der Waals surface area contributed by atoms with Crippen LogP contribution in [-0.2, 0) is 6.42 Å². The summed E-state index contributed by atoms with van der Waals surface area (Å²) in [5.74, 6) is 2.65. The zero-order chi connectivity index (χ0) is 14.1. The number of ether oxygens (including phenoxy) is 1. The number of methoxy groups -OCH3 is 1. The molecule has 0 N–H and O–H groups in total. The van der Waals surface area contributed by atoms with Gasteiger partial charge in [-0.3, -0.25) is 4.90 Å². The van der Waals surface area contributed by atoms with E-state index >= 15 is 0 Å². The third-order valence-electron chi connectivity index (χ3n) is 5.13. The first-order chi connectivity index (χ1) is 9.70. The van der Waals surface area contributed by atoms with Gasteiger partial charge in [0.15, 0.2) is 0 Å². The molecule has 1 heterocycles. The maximum absolute atomic E-state index is 5.55. The van der Waals surface area contributed by atoms with Gasteiger partial charge >= 0.3 is 0 Å². The second kappa shape index (κ2) is 5.77. The van der Waals surface area contributed by atoms with Gasteiger partial charge in [0, 0.05) is 12.0 Å². The molecule has 1 aromatic rings. The number of nitrogens with zero attached hydrogens (tertiary/aromatic N) is 1. The van der Waals surface area contributed by atoms with E-state index in [2.05, 4.69) is 36.9 Å². The van der Waals surface area contributed by atoms with Crippen LogP contribution in [0, 0.1) is 5.92 Å². The third-order valence-corrected chi connectivity index (χ3v) is 5.13. The van der Waals surface area contributed by atoms with Gasteiger partial charge < -0.3 is 4.74 Å². The molecule has 1 saturated heterocycles. The maximum Gasteiger partial charge on any atom is 0.122 e. The lowest BCUT2D eigenvalue weighted by Crippen LogP contribution is -2.36. The highest BCUT2D eigenvalue weighted by Crippen LogP contribution is 2.44. The SMILES string of the molecule is COc1cccc2c1CCC1C2CCN1CCC(C)C. The van der Waals surface area contributed by atoms with Crippen LogP contribution in [-0.4, -0.2) is 31.1 Å². The van der Waals surface area contributed by atoms with Crippen LogP contribution in [0.4, 0.5) is 0 Å². The van der Waals surface area contributed by atoms with E-state index in [9.17, 15) is 0 Å². The van der Waals surface area contributed by atoms with Crippen LogP contribution in [0.2, 0.25) is 0 Å². The Morgan fingerprint density at radius 3 is 2.90 bits per heavy atom. The van der Waals surface area contributed by atoms with E-state index < -0.39 is 0 Å². The van der Waals surface area contributed by atoms with Crippen LogP contribution in [0.25, 0.3) is 0 Å². The van der Waals surface area contributed by atoms with Crippen molar-refractivity contribution in [3.05, 3.63) is 29.3 Å². The second-order valence-electron chi connectivity index (χ2n) is 6.75. The predicted molar refractivity (Wildman–Crippen MR) is 83.5 cm³/mol. The first-order valence-corrected chi connectivity index (χ1v) is 8.10. The van der Waals surface area contributed by atoms with E-state index in [-0.39, 0.29) is 0 Å². The molecular weight excluding hydrogens is 246 g/mol. The van der Waals surface area contributed by atoms with Crippen molar-refractivity contribution in [1.29, 1.82) is 0 Å². The molecule has 20 heavy (non-hydrogen) atoms. The van der Waals surface area contributed by atoms with Crippen molar-refractivity contribution in [2.24, 2.45) is 5.92 Å². The van der Waals surface area contributed by atoms with E-state index in [4.69, 9.17) is 4.74 Å². The molecule has 0 radical (unpaired) electrons. The number of rotatable bonds is 4. The Kier molecular flexibility index (Phi) is 4.02. The van der Waals surface area contributed by atoms with E-state index in [0.717, 1.165) is 23.6 Å². The lowest BCUT2D eigenvalue weighted by molar-refractivity contribution is 0.214. The molecule has 0 aromatic heterocycles. The highest BCUT2D eigenvalue weighted by atomic mass is 16.5. The number of likely N-dealkylation sites (tertiary alicyclic amines) is 1. The smallest absolute Gasteiger partial charge is 0.122 e. The molecule has 2 nitrogen and oxygen atoms in total. The van der Waals surface area contributed by atoms with Gasteiger partial charge in [-0.25, -0.2) is 0 Å². The van der Waals surface area contributed by atoms with Gasteiger partial charge in [-0.15, -0.1) is 0 Å². The van der Waals surface area contributed by atoms with Crippen molar-refractivity contribution >= 4 is 0 Å². The van der Waals surface area contributed by atoms with Crippen molar-refractivity contribution in [2.45, 2.75) is 51.5 Å². The highest BCUT2D eigenvalue weighted by molar-refractivity contribution is 5.45. The predicted octanol–water partition coefficient (Wildman–Crippen LogP) is 3.85. The monoisotopic (exact) mass is 273 g/mol. The summed E-state index contributed by atoms with van der Waals surface area (Å²) in [6.07, 6.45) is 5.13. The highest BCUT2D eigenvalue weighted by Gasteiger charge is 2.38. The largest absolute Gasteiger partial charge is 0.496 e. The molecule has 0 saturated carbocycles. The molecule has 2 unspecified atom stereocenters. The lowest BCUT2D eigenvalue weighted by atomic mass is 9.79. The van der Waals surface area contributed by atoms with Crippen molar-refractivity contribution in [2.75, 3.05) is 20.2 Å². The van der Waals surface area contributed by atoms with Gasteiger partial charge in [-0.2, -0.15) is 0 Å². The first kappa shape index (κ1) is 13.9. The van der Waals surface area contributed by atoms with E-state index in [1.807, 2.05) is 0 Å². The third kappa shape index (κ3) is 2.46. The Bertz CT molecular complexity index is 468. The molecule has 1 aromatic carbocycles. The molecule has 0 spiro atoms. The van der Waals surface area contributed by atoms with Crippen LogP contribution in [0.3, 0.4) is 0 Å². The van der Waals surface area contributed by atoms with Crippen LogP contribution in [0.5, 0.6) is 5.75 Å². The zero-order valence-electron chi connectivity index (χ0n) is 13.1. The second-order valence-corrected chi connectivity index (χ2v) is 6.75. The normalized spacial score (nSPS) is 25.6. The molecule has 1 aliphatic heterocycles. The van der Waals surface area contributed by atoms with Crippen LogP contribution < -0.4 is 4.74 Å². The Hall–Kier alpha value is -1.02. The molecular formula is C18H27NO. The number of benzene rings is 1. The Morgan fingerprint density at radius 2 is 2.15 bits per heavy atom. The van der Waals surface area contributed by atoms with Crippen LogP contribution in [0.1, 0.15) is 50.2 Å². The van der Waals surface area contributed by atoms with Gasteiger partial charge in [0.25, 0.3) is 0 Å². The average Bonchev–Trinajstić information content (AvgIpc) is 2.87. The molecule has 1 fully saturated rings. The molecule has 0 amide bonds. The molecule has 2 heteroatoms. The van der Waals surface area contributed by atoms with Gasteiger partial charge in [0.1, 0.15) is 5.75 Å². The summed E-state index contributed by atoms with van der Waals surface area (Å²) in [6, 6.07) is 7.38. The van der Waals surface area contributed by atoms with Crippen LogP contribution >= 0.6 is 0 Å². The Balaban J connectivity index is 1.79. The van der Waals surface area contributed by atoms with Gasteiger partial charge in [-0.05, 0) is 61.9 Å². The summed E-state index contributed by atoms with van der Waals surface area (Å²) >= 11 is 0. The molecule has 0 bridgehead atoms. The van der Waals surface area contributed by atoms with E-state index in [0.29, 0.717) is 0 Å². The fourth-order valence-corrected chi connectivity index (χ4v) is 4.05. The summed E-state index contributed by atoms with van der Waals surface area (Å²) in [4.78, 5) is 2.74. The summed E-state index contributed by atoms with van der Waals surface area (Å²) in [6.45, 7) is 7.21. The molecule has 1 aliphatic carbocycles. The van der Waals surface area contributed by atoms with Crippen LogP contribution in [0.15, 0.2) is 18.2 Å². The minimum atomic E-state index is 0.737. The molecule has 110 valence electrons. The van der Waals surface area contributed by atoms with Crippen molar-refractivity contribution < 1.29 is 4.74 Å². The number of fused-ring (bicyclic) bond motifs is 3. The molecule has 3 rings (SSSR count). The van der Waals surface area contributed by atoms with Crippen molar-refractivity contribution in [1.82, 2.24) is 4.90 Å². The van der Waals surface area contributed by atoms with E-state index in [1.165, 1.54) is 44.3 Å². The quantitative estimate of drug-likeness (QED) is 0.826. The van der Waals surface area contributed by atoms with E-state index in [1.54, 1.807) is 12.7 Å². The first-order valence-electron chi connectivity index (χ1n) is 8.10. The summed E-state index contributed by atoms with van der Waals surface area (Å²) < 4.78 is 5.55. The minimum absolute atomic E-state index is 0.737. The lowest BCUT2D eigenvalue weighted by Gasteiger charge is -2.34. The zero-order valence-corrected chi connectivity index (χ0v) is 13.1. The minimum Gasteiger partial charge on any atom is -0.496 e. The summed E-state index contributed by atoms with van der Waals surface area (Å²) in [5.41, 5.74) is 3.04. The molecule has 2 aliphatic rings. The number of hydrogen-bond acceptors (Lipinski definition) is 2. The summed E-state index contributed by atoms with van der Waals surface area (Å²) in [5, 5.41) is 0. The van der Waals surface area contributed by atoms with Gasteiger partial charge in [0.05, 0.1) is 7.11 Å². The Labute approximate surface area is 123 Å². The fourth-order valence-electron chi connectivity index (χ4n) is 4.05. The summed E-state index contributed by atoms with van der Waals surface area (Å²) in [7, 11) is 1.80. The number of hydrogen-bond donors (Lipinski definition) is 0. The molecule has 2 atom stereocenters. The topological polar surface area (TPSA) is 12.5 Å². The fraction of sp³-hybridized carbons (Fsp3) is 0.667. The van der Waals surface area contributed by atoms with Crippen molar-refractivity contribution in [3.8, 4) is 5.75 Å². The standard InChI is InChI=1S/C18H27NO/c1-13(2)9-11-19-12-10-15-14-5-4-6-18(20-3)16(14)7-8-17(15)19/h4-6,13,15,17H,7-12H2,1-3H3. The average molecular weight is 273 g/mol.